The van der Waals surface area contributed by atoms with Crippen molar-refractivity contribution in [1.29, 1.82) is 0 Å². The lowest BCUT2D eigenvalue weighted by Gasteiger charge is -2.32. The first-order chi connectivity index (χ1) is 9.45. The van der Waals surface area contributed by atoms with E-state index in [1.54, 1.807) is 12.1 Å². The van der Waals surface area contributed by atoms with Crippen LogP contribution in [0.25, 0.3) is 6.08 Å². The van der Waals surface area contributed by atoms with Gasteiger partial charge < -0.3 is 0 Å². The summed E-state index contributed by atoms with van der Waals surface area (Å²) in [5.41, 5.74) is 0.959. The molecule has 110 valence electrons. The highest BCUT2D eigenvalue weighted by Gasteiger charge is 2.22. The van der Waals surface area contributed by atoms with Gasteiger partial charge in [0.15, 0.2) is 0 Å². The molecular weight excluding hydrogens is 279 g/mol. The highest BCUT2D eigenvalue weighted by molar-refractivity contribution is 7.88. The monoisotopic (exact) mass is 298 g/mol. The van der Waals surface area contributed by atoms with Gasteiger partial charge in [0.05, 0.1) is 6.26 Å². The fourth-order valence-corrected chi connectivity index (χ4v) is 2.98. The average molecular weight is 298 g/mol. The second-order valence-corrected chi connectivity index (χ2v) is 6.90. The van der Waals surface area contributed by atoms with Crippen molar-refractivity contribution in [1.82, 2.24) is 9.21 Å². The van der Waals surface area contributed by atoms with Crippen molar-refractivity contribution in [2.45, 2.75) is 0 Å². The number of benzene rings is 1. The third-order valence-electron chi connectivity index (χ3n) is 3.34. The Balaban J connectivity index is 1.80. The largest absolute Gasteiger partial charge is 0.297 e. The molecule has 1 heterocycles. The lowest BCUT2D eigenvalue weighted by molar-refractivity contribution is 0.205. The van der Waals surface area contributed by atoms with Gasteiger partial charge in [-0.05, 0) is 17.7 Å². The van der Waals surface area contributed by atoms with Gasteiger partial charge in [-0.15, -0.1) is 0 Å². The lowest BCUT2D eigenvalue weighted by Crippen LogP contribution is -2.48. The third-order valence-corrected chi connectivity index (χ3v) is 4.65. The number of hydrogen-bond donors (Lipinski definition) is 0. The minimum atomic E-state index is -3.06. The van der Waals surface area contributed by atoms with Gasteiger partial charge in [-0.3, -0.25) is 4.90 Å². The van der Waals surface area contributed by atoms with Crippen molar-refractivity contribution in [2.24, 2.45) is 0 Å². The molecule has 0 amide bonds. The molecule has 2 rings (SSSR count). The average Bonchev–Trinajstić information content (AvgIpc) is 2.41. The summed E-state index contributed by atoms with van der Waals surface area (Å²) in [5, 5.41) is 0. The van der Waals surface area contributed by atoms with Crippen LogP contribution in [0, 0.1) is 5.82 Å². The van der Waals surface area contributed by atoms with E-state index in [0.29, 0.717) is 13.1 Å². The van der Waals surface area contributed by atoms with E-state index in [2.05, 4.69) is 4.90 Å². The summed E-state index contributed by atoms with van der Waals surface area (Å²) in [6, 6.07) is 6.33. The molecule has 0 spiro atoms. The van der Waals surface area contributed by atoms with Gasteiger partial charge in [0, 0.05) is 32.7 Å². The van der Waals surface area contributed by atoms with Crippen molar-refractivity contribution < 1.29 is 12.8 Å². The molecule has 1 aromatic carbocycles. The van der Waals surface area contributed by atoms with E-state index in [0.717, 1.165) is 25.2 Å². The van der Waals surface area contributed by atoms with Gasteiger partial charge >= 0.3 is 0 Å². The quantitative estimate of drug-likeness (QED) is 0.844. The molecule has 4 nitrogen and oxygen atoms in total. The summed E-state index contributed by atoms with van der Waals surface area (Å²) in [7, 11) is -3.06. The molecule has 6 heteroatoms. The standard InChI is InChI=1S/C14H19FN2O2S/c1-20(18,19)17-11-9-16(10-12-17)8-2-3-13-4-6-14(15)7-5-13/h2-7H,8-12H2,1H3. The molecule has 0 saturated carbocycles. The molecule has 0 aliphatic carbocycles. The molecule has 20 heavy (non-hydrogen) atoms. The van der Waals surface area contributed by atoms with Gasteiger partial charge in [-0.2, -0.15) is 4.31 Å². The van der Waals surface area contributed by atoms with Crippen LogP contribution >= 0.6 is 0 Å². The van der Waals surface area contributed by atoms with Gasteiger partial charge in [0.2, 0.25) is 10.0 Å². The second-order valence-electron chi connectivity index (χ2n) is 4.92. The Hall–Kier alpha value is -1.24. The van der Waals surface area contributed by atoms with Gasteiger partial charge in [0.25, 0.3) is 0 Å². The first-order valence-electron chi connectivity index (χ1n) is 6.55. The zero-order valence-corrected chi connectivity index (χ0v) is 12.3. The molecule has 0 unspecified atom stereocenters. The van der Waals surface area contributed by atoms with Gasteiger partial charge in [-0.1, -0.05) is 24.3 Å². The number of sulfonamides is 1. The van der Waals surface area contributed by atoms with Crippen molar-refractivity contribution >= 4 is 16.1 Å². The second kappa shape index (κ2) is 6.47. The van der Waals surface area contributed by atoms with E-state index >= 15 is 0 Å². The Kier molecular flexibility index (Phi) is 4.91. The lowest BCUT2D eigenvalue weighted by atomic mass is 10.2. The normalized spacial score (nSPS) is 18.7. The van der Waals surface area contributed by atoms with Crippen LogP contribution < -0.4 is 0 Å². The van der Waals surface area contributed by atoms with Crippen LogP contribution in [-0.2, 0) is 10.0 Å². The zero-order chi connectivity index (χ0) is 14.6. The smallest absolute Gasteiger partial charge is 0.211 e. The predicted octanol–water partition coefficient (Wildman–Crippen LogP) is 1.42. The van der Waals surface area contributed by atoms with Crippen molar-refractivity contribution in [2.75, 3.05) is 39.0 Å². The van der Waals surface area contributed by atoms with E-state index in [1.165, 1.54) is 22.7 Å². The molecule has 1 aliphatic rings. The fraction of sp³-hybridized carbons (Fsp3) is 0.429. The van der Waals surface area contributed by atoms with Crippen molar-refractivity contribution in [3.63, 3.8) is 0 Å². The van der Waals surface area contributed by atoms with Gasteiger partial charge in [-0.25, -0.2) is 12.8 Å². The number of hydrogen-bond acceptors (Lipinski definition) is 3. The maximum Gasteiger partial charge on any atom is 0.211 e. The summed E-state index contributed by atoms with van der Waals surface area (Å²) < 4.78 is 37.0. The Morgan fingerprint density at radius 2 is 1.75 bits per heavy atom. The zero-order valence-electron chi connectivity index (χ0n) is 11.5. The molecular formula is C14H19FN2O2S. The number of nitrogens with zero attached hydrogens (tertiary/aromatic N) is 2. The first-order valence-corrected chi connectivity index (χ1v) is 8.39. The first kappa shape index (κ1) is 15.2. The van der Waals surface area contributed by atoms with Crippen LogP contribution in [0.4, 0.5) is 4.39 Å². The van der Waals surface area contributed by atoms with E-state index in [9.17, 15) is 12.8 Å². The Morgan fingerprint density at radius 1 is 1.15 bits per heavy atom. The minimum Gasteiger partial charge on any atom is -0.297 e. The molecule has 0 atom stereocenters. The summed E-state index contributed by atoms with van der Waals surface area (Å²) in [6.07, 6.45) is 5.21. The maximum atomic E-state index is 12.7. The Morgan fingerprint density at radius 3 is 2.30 bits per heavy atom. The summed E-state index contributed by atoms with van der Waals surface area (Å²) in [5.74, 6) is -0.237. The maximum absolute atomic E-state index is 12.7. The summed E-state index contributed by atoms with van der Waals surface area (Å²) in [6.45, 7) is 3.34. The minimum absolute atomic E-state index is 0.237. The highest BCUT2D eigenvalue weighted by Crippen LogP contribution is 2.07. The molecule has 1 saturated heterocycles. The third kappa shape index (κ3) is 4.40. The van der Waals surface area contributed by atoms with E-state index < -0.39 is 10.0 Å². The highest BCUT2D eigenvalue weighted by atomic mass is 32.2. The van der Waals surface area contributed by atoms with Crippen LogP contribution in [0.2, 0.25) is 0 Å². The van der Waals surface area contributed by atoms with Crippen LogP contribution in [-0.4, -0.2) is 56.6 Å². The van der Waals surface area contributed by atoms with Crippen molar-refractivity contribution in [3.8, 4) is 0 Å². The van der Waals surface area contributed by atoms with Crippen LogP contribution in [0.15, 0.2) is 30.3 Å². The summed E-state index contributed by atoms with van der Waals surface area (Å²) >= 11 is 0. The Labute approximate surface area is 119 Å². The Bertz CT molecular complexity index is 561. The number of piperazine rings is 1. The van der Waals surface area contributed by atoms with Gasteiger partial charge in [0.1, 0.15) is 5.82 Å². The van der Waals surface area contributed by atoms with Crippen molar-refractivity contribution in [3.05, 3.63) is 41.7 Å². The van der Waals surface area contributed by atoms with Crippen LogP contribution in [0.1, 0.15) is 5.56 Å². The van der Waals surface area contributed by atoms with Crippen LogP contribution in [0.5, 0.6) is 0 Å². The SMILES string of the molecule is CS(=O)(=O)N1CCN(CC=Cc2ccc(F)cc2)CC1. The topological polar surface area (TPSA) is 40.6 Å². The van der Waals surface area contributed by atoms with E-state index in [4.69, 9.17) is 0 Å². The molecule has 0 radical (unpaired) electrons. The van der Waals surface area contributed by atoms with E-state index in [-0.39, 0.29) is 5.82 Å². The molecule has 1 aromatic rings. The molecule has 0 aromatic heterocycles. The molecule has 0 bridgehead atoms. The fourth-order valence-electron chi connectivity index (χ4n) is 2.16. The molecule has 1 aliphatic heterocycles. The predicted molar refractivity (Wildman–Crippen MR) is 78.3 cm³/mol. The molecule has 1 fully saturated rings. The molecule has 0 N–H and O–H groups in total. The number of rotatable bonds is 4. The number of halogens is 1. The van der Waals surface area contributed by atoms with E-state index in [1.807, 2.05) is 12.2 Å². The summed E-state index contributed by atoms with van der Waals surface area (Å²) in [4.78, 5) is 2.20. The van der Waals surface area contributed by atoms with Crippen LogP contribution in [0.3, 0.4) is 0 Å².